The second-order valence-electron chi connectivity index (χ2n) is 10.9. The zero-order valence-electron chi connectivity index (χ0n) is 20.4. The molecule has 3 rings (SSSR count). The maximum Gasteiger partial charge on any atom is 0.189 e. The van der Waals surface area contributed by atoms with Gasteiger partial charge in [-0.3, -0.25) is 0 Å². The maximum absolute atomic E-state index is 10.8. The molecule has 0 heterocycles. The highest BCUT2D eigenvalue weighted by molar-refractivity contribution is 5.43. The average molecular weight is 449 g/mol. The standard InChI is InChI=1S/C27H44O5/c1-5-6-7-10-20(28)12-13-21-22-14-18-9-8-11-25(23(18)15-19(22)16-24(21)29)31-17-26(30)32-27(2,3)4/h8-9,11,19-22,24,26,28-30H,5-7,10,12-17H2,1-4H3/t19-,20+,21+,22-,24+,26?/m0/s1. The van der Waals surface area contributed by atoms with E-state index in [1.165, 1.54) is 24.0 Å². The summed E-state index contributed by atoms with van der Waals surface area (Å²) in [6, 6.07) is 6.16. The lowest BCUT2D eigenvalue weighted by Gasteiger charge is -2.33. The lowest BCUT2D eigenvalue weighted by molar-refractivity contribution is -0.178. The Balaban J connectivity index is 1.59. The van der Waals surface area contributed by atoms with Gasteiger partial charge in [-0.1, -0.05) is 38.3 Å². The molecule has 32 heavy (non-hydrogen) atoms. The normalized spacial score (nSPS) is 27.0. The second-order valence-corrected chi connectivity index (χ2v) is 10.9. The van der Waals surface area contributed by atoms with E-state index in [0.717, 1.165) is 50.7 Å². The van der Waals surface area contributed by atoms with Crippen LogP contribution in [0.1, 0.15) is 83.8 Å². The Labute approximate surface area is 194 Å². The van der Waals surface area contributed by atoms with Crippen LogP contribution in [0.4, 0.5) is 0 Å². The number of benzene rings is 1. The zero-order valence-corrected chi connectivity index (χ0v) is 20.4. The molecule has 0 aliphatic heterocycles. The van der Waals surface area contributed by atoms with Gasteiger partial charge in [0.15, 0.2) is 6.29 Å². The van der Waals surface area contributed by atoms with E-state index in [4.69, 9.17) is 9.47 Å². The lowest BCUT2D eigenvalue weighted by Crippen LogP contribution is -2.32. The van der Waals surface area contributed by atoms with E-state index in [-0.39, 0.29) is 24.7 Å². The first-order chi connectivity index (χ1) is 15.2. The van der Waals surface area contributed by atoms with Gasteiger partial charge >= 0.3 is 0 Å². The molecule has 2 aliphatic rings. The smallest absolute Gasteiger partial charge is 0.189 e. The molecule has 1 aromatic rings. The van der Waals surface area contributed by atoms with Gasteiger partial charge in [-0.2, -0.15) is 0 Å². The summed E-state index contributed by atoms with van der Waals surface area (Å²) in [7, 11) is 0. The van der Waals surface area contributed by atoms with Crippen LogP contribution in [0.2, 0.25) is 0 Å². The summed E-state index contributed by atoms with van der Waals surface area (Å²) in [6.45, 7) is 8.01. The van der Waals surface area contributed by atoms with Crippen LogP contribution < -0.4 is 4.74 Å². The van der Waals surface area contributed by atoms with Crippen molar-refractivity contribution in [3.8, 4) is 5.75 Å². The van der Waals surface area contributed by atoms with E-state index in [2.05, 4.69) is 13.0 Å². The Kier molecular flexibility index (Phi) is 9.02. The van der Waals surface area contributed by atoms with Gasteiger partial charge in [0.2, 0.25) is 0 Å². The van der Waals surface area contributed by atoms with Crippen molar-refractivity contribution in [2.75, 3.05) is 6.61 Å². The molecule has 0 aromatic heterocycles. The third-order valence-corrected chi connectivity index (χ3v) is 7.19. The van der Waals surface area contributed by atoms with Crippen LogP contribution >= 0.6 is 0 Å². The Morgan fingerprint density at radius 2 is 1.88 bits per heavy atom. The fraction of sp³-hybridized carbons (Fsp3) is 0.778. The molecule has 3 N–H and O–H groups in total. The fourth-order valence-electron chi connectivity index (χ4n) is 5.70. The minimum absolute atomic E-state index is 0.100. The van der Waals surface area contributed by atoms with Crippen LogP contribution in [0.3, 0.4) is 0 Å². The van der Waals surface area contributed by atoms with Crippen LogP contribution in [0, 0.1) is 17.8 Å². The van der Waals surface area contributed by atoms with Crippen LogP contribution in [0.15, 0.2) is 18.2 Å². The molecule has 0 radical (unpaired) electrons. The predicted molar refractivity (Wildman–Crippen MR) is 127 cm³/mol. The number of aliphatic hydroxyl groups is 3. The van der Waals surface area contributed by atoms with Gasteiger partial charge in [-0.25, -0.2) is 0 Å². The largest absolute Gasteiger partial charge is 0.488 e. The number of fused-ring (bicyclic) bond motifs is 2. The molecule has 5 heteroatoms. The van der Waals surface area contributed by atoms with E-state index >= 15 is 0 Å². The molecule has 5 nitrogen and oxygen atoms in total. The van der Waals surface area contributed by atoms with Gasteiger partial charge in [0.25, 0.3) is 0 Å². The van der Waals surface area contributed by atoms with Crippen molar-refractivity contribution in [2.45, 2.75) is 110 Å². The van der Waals surface area contributed by atoms with Crippen molar-refractivity contribution in [1.29, 1.82) is 0 Å². The second kappa shape index (κ2) is 11.3. The molecule has 1 saturated carbocycles. The minimum Gasteiger partial charge on any atom is -0.488 e. The Hall–Kier alpha value is -1.14. The van der Waals surface area contributed by atoms with E-state index in [1.54, 1.807) is 0 Å². The monoisotopic (exact) mass is 448 g/mol. The van der Waals surface area contributed by atoms with Crippen molar-refractivity contribution < 1.29 is 24.8 Å². The molecule has 182 valence electrons. The predicted octanol–water partition coefficient (Wildman–Crippen LogP) is 4.63. The number of rotatable bonds is 11. The van der Waals surface area contributed by atoms with Gasteiger partial charge < -0.3 is 24.8 Å². The molecule has 0 saturated heterocycles. The van der Waals surface area contributed by atoms with Crippen molar-refractivity contribution >= 4 is 0 Å². The quantitative estimate of drug-likeness (QED) is 0.340. The summed E-state index contributed by atoms with van der Waals surface area (Å²) in [4.78, 5) is 0. The average Bonchev–Trinajstić information content (AvgIpc) is 3.02. The molecule has 1 fully saturated rings. The third kappa shape index (κ3) is 6.93. The van der Waals surface area contributed by atoms with Gasteiger partial charge in [0.05, 0.1) is 17.8 Å². The Bertz CT molecular complexity index is 712. The van der Waals surface area contributed by atoms with Gasteiger partial charge in [0.1, 0.15) is 12.4 Å². The molecular weight excluding hydrogens is 404 g/mol. The molecule has 0 amide bonds. The molecule has 6 atom stereocenters. The van der Waals surface area contributed by atoms with Crippen molar-refractivity contribution in [2.24, 2.45) is 17.8 Å². The maximum atomic E-state index is 10.8. The highest BCUT2D eigenvalue weighted by Gasteiger charge is 2.44. The number of aliphatic hydroxyl groups excluding tert-OH is 3. The molecule has 1 aromatic carbocycles. The van der Waals surface area contributed by atoms with E-state index in [9.17, 15) is 15.3 Å². The van der Waals surface area contributed by atoms with E-state index < -0.39 is 11.9 Å². The Morgan fingerprint density at radius 3 is 2.59 bits per heavy atom. The van der Waals surface area contributed by atoms with Gasteiger partial charge in [0, 0.05) is 0 Å². The van der Waals surface area contributed by atoms with Crippen LogP contribution in [0.25, 0.3) is 0 Å². The van der Waals surface area contributed by atoms with Crippen LogP contribution in [-0.4, -0.2) is 46.0 Å². The number of unbranched alkanes of at least 4 members (excludes halogenated alkanes) is 2. The Morgan fingerprint density at radius 1 is 1.09 bits per heavy atom. The summed E-state index contributed by atoms with van der Waals surface area (Å²) in [6.07, 6.45) is 7.17. The molecule has 2 aliphatic carbocycles. The SMILES string of the molecule is CCCCC[C@@H](O)CC[C@@H]1[C@H]2Cc3cccc(OCC(O)OC(C)(C)C)c3C[C@H]2C[C@H]1O. The number of ether oxygens (including phenoxy) is 2. The van der Waals surface area contributed by atoms with E-state index in [1.807, 2.05) is 32.9 Å². The van der Waals surface area contributed by atoms with Crippen molar-refractivity contribution in [1.82, 2.24) is 0 Å². The van der Waals surface area contributed by atoms with Crippen molar-refractivity contribution in [3.63, 3.8) is 0 Å². The minimum atomic E-state index is -0.969. The number of hydrogen-bond acceptors (Lipinski definition) is 5. The molecule has 0 spiro atoms. The van der Waals surface area contributed by atoms with E-state index in [0.29, 0.717) is 11.8 Å². The summed E-state index contributed by atoms with van der Waals surface area (Å²) in [5, 5.41) is 31.3. The third-order valence-electron chi connectivity index (χ3n) is 7.19. The van der Waals surface area contributed by atoms with Crippen LogP contribution in [0.5, 0.6) is 5.75 Å². The first kappa shape index (κ1) is 25.5. The summed E-state index contributed by atoms with van der Waals surface area (Å²) < 4.78 is 11.5. The van der Waals surface area contributed by atoms with Crippen LogP contribution in [-0.2, 0) is 17.6 Å². The first-order valence-electron chi connectivity index (χ1n) is 12.6. The molecular formula is C27H44O5. The highest BCUT2D eigenvalue weighted by Crippen LogP contribution is 2.48. The zero-order chi connectivity index (χ0) is 23.3. The highest BCUT2D eigenvalue weighted by atomic mass is 16.6. The summed E-state index contributed by atoms with van der Waals surface area (Å²) in [5.74, 6) is 1.99. The van der Waals surface area contributed by atoms with Crippen molar-refractivity contribution in [3.05, 3.63) is 29.3 Å². The fourth-order valence-corrected chi connectivity index (χ4v) is 5.70. The summed E-state index contributed by atoms with van der Waals surface area (Å²) >= 11 is 0. The molecule has 0 bridgehead atoms. The number of hydrogen-bond donors (Lipinski definition) is 3. The van der Waals surface area contributed by atoms with Gasteiger partial charge in [-0.15, -0.1) is 0 Å². The first-order valence-corrected chi connectivity index (χ1v) is 12.6. The molecule has 1 unspecified atom stereocenters. The summed E-state index contributed by atoms with van der Waals surface area (Å²) in [5.41, 5.74) is 2.08. The topological polar surface area (TPSA) is 79.2 Å². The van der Waals surface area contributed by atoms with Gasteiger partial charge in [-0.05, 0) is 94.2 Å². The lowest BCUT2D eigenvalue weighted by atomic mass is 9.73.